The predicted octanol–water partition coefficient (Wildman–Crippen LogP) is 4.34. The van der Waals surface area contributed by atoms with Gasteiger partial charge < -0.3 is 19.2 Å². The van der Waals surface area contributed by atoms with Crippen molar-refractivity contribution < 1.29 is 28.4 Å². The van der Waals surface area contributed by atoms with Gasteiger partial charge in [0, 0.05) is 11.6 Å². The molecule has 0 aliphatic heterocycles. The van der Waals surface area contributed by atoms with Gasteiger partial charge in [0.05, 0.1) is 29.9 Å². The molecule has 0 spiro atoms. The first kappa shape index (κ1) is 24.7. The Bertz CT molecular complexity index is 1320. The van der Waals surface area contributed by atoms with Gasteiger partial charge in [-0.3, -0.25) is 14.9 Å². The van der Waals surface area contributed by atoms with Crippen molar-refractivity contribution in [3.8, 4) is 17.6 Å². The lowest BCUT2D eigenvalue weighted by molar-refractivity contribution is -0.385. The fourth-order valence-corrected chi connectivity index (χ4v) is 3.10. The second-order valence-electron chi connectivity index (χ2n) is 7.22. The number of amides is 1. The quantitative estimate of drug-likeness (QED) is 0.120. The number of ether oxygens (including phenoxy) is 2. The Hall–Kier alpha value is -4.91. The smallest absolute Gasteiger partial charge is 0.343 e. The lowest BCUT2D eigenvalue weighted by atomic mass is 10.1. The van der Waals surface area contributed by atoms with Crippen molar-refractivity contribution in [2.45, 2.75) is 20.4 Å². The van der Waals surface area contributed by atoms with Crippen LogP contribution in [0, 0.1) is 28.4 Å². The monoisotopic (exact) mass is 475 g/mol. The number of nitro groups is 1. The van der Waals surface area contributed by atoms with Crippen LogP contribution in [-0.2, 0) is 11.3 Å². The van der Waals surface area contributed by atoms with Crippen molar-refractivity contribution in [2.75, 3.05) is 6.61 Å². The minimum Gasteiger partial charge on any atom is -0.490 e. The van der Waals surface area contributed by atoms with Gasteiger partial charge in [-0.15, -0.1) is 0 Å². The summed E-state index contributed by atoms with van der Waals surface area (Å²) in [5, 5.41) is 23.0. The Labute approximate surface area is 200 Å². The molecule has 0 saturated carbocycles. The summed E-state index contributed by atoms with van der Waals surface area (Å²) in [6.45, 7) is 3.67. The van der Waals surface area contributed by atoms with E-state index in [-0.39, 0.29) is 41.5 Å². The third-order valence-electron chi connectivity index (χ3n) is 4.78. The number of rotatable bonds is 9. The van der Waals surface area contributed by atoms with Gasteiger partial charge in [-0.2, -0.15) is 5.26 Å². The van der Waals surface area contributed by atoms with Crippen LogP contribution in [0.2, 0.25) is 0 Å². The molecule has 35 heavy (non-hydrogen) atoms. The number of carbonyl (C=O) groups is 2. The number of nitrogens with zero attached hydrogens (tertiary/aromatic N) is 2. The van der Waals surface area contributed by atoms with Crippen molar-refractivity contribution in [3.05, 3.63) is 92.9 Å². The molecule has 178 valence electrons. The summed E-state index contributed by atoms with van der Waals surface area (Å²) < 4.78 is 16.2. The van der Waals surface area contributed by atoms with Crippen LogP contribution in [-0.4, -0.2) is 23.4 Å². The van der Waals surface area contributed by atoms with Gasteiger partial charge in [-0.05, 0) is 61.9 Å². The molecule has 10 nitrogen and oxygen atoms in total. The highest BCUT2D eigenvalue weighted by Gasteiger charge is 2.18. The van der Waals surface area contributed by atoms with Gasteiger partial charge in [0.15, 0.2) is 11.5 Å². The number of hydrogen-bond donors (Lipinski definition) is 1. The molecule has 0 radical (unpaired) electrons. The Morgan fingerprint density at radius 3 is 2.63 bits per heavy atom. The molecular formula is C25H21N3O7. The largest absolute Gasteiger partial charge is 0.490 e. The van der Waals surface area contributed by atoms with Crippen LogP contribution in [0.25, 0.3) is 6.08 Å². The summed E-state index contributed by atoms with van der Waals surface area (Å²) >= 11 is 0. The molecule has 1 heterocycles. The summed E-state index contributed by atoms with van der Waals surface area (Å²) in [5.74, 6) is -0.413. The molecule has 0 unspecified atom stereocenters. The van der Waals surface area contributed by atoms with Gasteiger partial charge in [0.2, 0.25) is 0 Å². The molecule has 0 atom stereocenters. The Balaban J connectivity index is 1.79. The molecule has 3 aromatic rings. The maximum atomic E-state index is 12.6. The van der Waals surface area contributed by atoms with Gasteiger partial charge in [0.25, 0.3) is 11.6 Å². The van der Waals surface area contributed by atoms with Gasteiger partial charge in [-0.1, -0.05) is 6.07 Å². The molecule has 0 fully saturated rings. The maximum absolute atomic E-state index is 12.6. The number of hydrogen-bond acceptors (Lipinski definition) is 8. The van der Waals surface area contributed by atoms with Crippen molar-refractivity contribution in [3.63, 3.8) is 0 Å². The van der Waals surface area contributed by atoms with Crippen LogP contribution in [0.15, 0.2) is 64.8 Å². The standard InChI is InChI=1S/C25H21N3O7/c1-3-33-23-13-17(12-19(14-26)24(29)27-15-20-5-4-10-34-20)6-9-22(23)35-25(30)18-7-8-21(28(31)32)16(2)11-18/h4-13H,3,15H2,1-2H3,(H,27,29)/b19-12+. The maximum Gasteiger partial charge on any atom is 0.343 e. The fourth-order valence-electron chi connectivity index (χ4n) is 3.10. The summed E-state index contributed by atoms with van der Waals surface area (Å²) in [4.78, 5) is 35.4. The van der Waals surface area contributed by atoms with Crippen LogP contribution in [0.3, 0.4) is 0 Å². The summed E-state index contributed by atoms with van der Waals surface area (Å²) in [5.41, 5.74) is 0.701. The van der Waals surface area contributed by atoms with E-state index >= 15 is 0 Å². The van der Waals surface area contributed by atoms with E-state index in [0.29, 0.717) is 16.9 Å². The van der Waals surface area contributed by atoms with Crippen molar-refractivity contribution in [1.29, 1.82) is 5.26 Å². The van der Waals surface area contributed by atoms with Crippen molar-refractivity contribution in [2.24, 2.45) is 0 Å². The first-order valence-electron chi connectivity index (χ1n) is 10.5. The van der Waals surface area contributed by atoms with Crippen LogP contribution in [0.5, 0.6) is 11.5 Å². The highest BCUT2D eigenvalue weighted by molar-refractivity contribution is 6.01. The summed E-state index contributed by atoms with van der Waals surface area (Å²) in [7, 11) is 0. The fraction of sp³-hybridized carbons (Fsp3) is 0.160. The average molecular weight is 475 g/mol. The molecule has 0 aliphatic rings. The summed E-state index contributed by atoms with van der Waals surface area (Å²) in [6, 6.07) is 13.7. The molecule has 0 saturated heterocycles. The number of aryl methyl sites for hydroxylation is 1. The molecular weight excluding hydrogens is 454 g/mol. The van der Waals surface area contributed by atoms with Gasteiger partial charge in [-0.25, -0.2) is 4.79 Å². The van der Waals surface area contributed by atoms with E-state index in [1.807, 2.05) is 6.07 Å². The minimum atomic E-state index is -0.720. The third-order valence-corrected chi connectivity index (χ3v) is 4.78. The number of carbonyl (C=O) groups excluding carboxylic acids is 2. The first-order chi connectivity index (χ1) is 16.8. The Morgan fingerprint density at radius 2 is 2.00 bits per heavy atom. The number of benzene rings is 2. The first-order valence-corrected chi connectivity index (χ1v) is 10.5. The number of nitrogens with one attached hydrogen (secondary N) is 1. The van der Waals surface area contributed by atoms with Gasteiger partial charge >= 0.3 is 5.97 Å². The molecule has 3 rings (SSSR count). The topological polar surface area (TPSA) is 145 Å². The zero-order valence-electron chi connectivity index (χ0n) is 18.9. The lowest BCUT2D eigenvalue weighted by Gasteiger charge is -2.12. The minimum absolute atomic E-state index is 0.103. The number of furan rings is 1. The van der Waals surface area contributed by atoms with E-state index < -0.39 is 16.8 Å². The molecule has 1 N–H and O–H groups in total. The van der Waals surface area contributed by atoms with E-state index in [1.165, 1.54) is 49.6 Å². The zero-order valence-corrected chi connectivity index (χ0v) is 18.9. The average Bonchev–Trinajstić information content (AvgIpc) is 3.36. The van der Waals surface area contributed by atoms with Crippen LogP contribution in [0.1, 0.15) is 34.2 Å². The molecule has 0 bridgehead atoms. The molecule has 1 aromatic heterocycles. The van der Waals surface area contributed by atoms with Crippen molar-refractivity contribution >= 4 is 23.6 Å². The number of nitriles is 1. The van der Waals surface area contributed by atoms with E-state index in [4.69, 9.17) is 13.9 Å². The van der Waals surface area contributed by atoms with E-state index in [1.54, 1.807) is 25.1 Å². The number of nitro benzene ring substituents is 1. The zero-order chi connectivity index (χ0) is 25.4. The molecule has 1 amide bonds. The second kappa shape index (κ2) is 11.3. The lowest BCUT2D eigenvalue weighted by Crippen LogP contribution is -2.23. The molecule has 10 heteroatoms. The Morgan fingerprint density at radius 1 is 1.20 bits per heavy atom. The van der Waals surface area contributed by atoms with E-state index in [9.17, 15) is 25.0 Å². The predicted molar refractivity (Wildman–Crippen MR) is 125 cm³/mol. The van der Waals surface area contributed by atoms with Crippen molar-refractivity contribution in [1.82, 2.24) is 5.32 Å². The SMILES string of the molecule is CCOc1cc(/C=C(\C#N)C(=O)NCc2ccco2)ccc1OC(=O)c1ccc([N+](=O)[O-])c(C)c1. The normalized spacial score (nSPS) is 10.8. The van der Waals surface area contributed by atoms with Gasteiger partial charge in [0.1, 0.15) is 17.4 Å². The number of esters is 1. The molecule has 2 aromatic carbocycles. The highest BCUT2D eigenvalue weighted by atomic mass is 16.6. The second-order valence-corrected chi connectivity index (χ2v) is 7.22. The Kier molecular flexibility index (Phi) is 7.98. The van der Waals surface area contributed by atoms with Crippen LogP contribution >= 0.6 is 0 Å². The molecule has 0 aliphatic carbocycles. The third kappa shape index (κ3) is 6.33. The van der Waals surface area contributed by atoms with Crippen LogP contribution in [0.4, 0.5) is 5.69 Å². The highest BCUT2D eigenvalue weighted by Crippen LogP contribution is 2.30. The van der Waals surface area contributed by atoms with E-state index in [0.717, 1.165) is 0 Å². The van der Waals surface area contributed by atoms with E-state index in [2.05, 4.69) is 5.32 Å². The summed E-state index contributed by atoms with van der Waals surface area (Å²) in [6.07, 6.45) is 2.86. The van der Waals surface area contributed by atoms with Crippen LogP contribution < -0.4 is 14.8 Å².